The first-order valence-electron chi connectivity index (χ1n) is 37.0. The maximum Gasteiger partial charge on any atom is 0.305 e. The van der Waals surface area contributed by atoms with Crippen LogP contribution in [0.1, 0.15) is 213 Å². The van der Waals surface area contributed by atoms with E-state index in [9.17, 15) is 53.7 Å². The average molecular weight is 1440 g/mol. The second-order valence-corrected chi connectivity index (χ2v) is 31.9. The molecule has 106 heavy (non-hydrogen) atoms. The summed E-state index contributed by atoms with van der Waals surface area (Å²) >= 11 is 0. The number of nitrogens with zero attached hydrogens (tertiary/aromatic N) is 6. The lowest BCUT2D eigenvalue weighted by molar-refractivity contribution is -0.148. The van der Waals surface area contributed by atoms with Crippen molar-refractivity contribution in [2.45, 2.75) is 211 Å². The first-order valence-corrected chi connectivity index (χ1v) is 37.0. The van der Waals surface area contributed by atoms with Crippen molar-refractivity contribution in [1.29, 1.82) is 0 Å². The molecule has 6 heterocycles. The van der Waals surface area contributed by atoms with Gasteiger partial charge in [-0.05, 0) is 203 Å². The number of benzene rings is 3. The van der Waals surface area contributed by atoms with Crippen LogP contribution in [0.25, 0.3) is 44.5 Å². The van der Waals surface area contributed by atoms with E-state index in [0.29, 0.717) is 71.2 Å². The molecule has 3 aromatic carbocycles. The molecular formula is C85H105N9O12. The van der Waals surface area contributed by atoms with Crippen LogP contribution < -0.4 is 21.5 Å². The second-order valence-electron chi connectivity index (χ2n) is 31.9. The number of likely N-dealkylation sites (tertiary alicyclic amines) is 2. The quantitative estimate of drug-likeness (QED) is 0.0254. The molecule has 5 amide bonds. The van der Waals surface area contributed by atoms with Crippen LogP contribution in [-0.2, 0) is 38.4 Å². The summed E-state index contributed by atoms with van der Waals surface area (Å²) in [5.74, 6) is -5.92. The lowest BCUT2D eigenvalue weighted by atomic mass is 9.68. The lowest BCUT2D eigenvalue weighted by Crippen LogP contribution is -2.57. The number of aromatic nitrogens is 4. The van der Waals surface area contributed by atoms with Gasteiger partial charge in [-0.1, -0.05) is 118 Å². The Morgan fingerprint density at radius 2 is 0.972 bits per heavy atom. The number of carbonyl (C=O) groups excluding carboxylic acids is 5. The zero-order chi connectivity index (χ0) is 77.5. The van der Waals surface area contributed by atoms with Crippen molar-refractivity contribution in [2.75, 3.05) is 13.1 Å². The minimum absolute atomic E-state index is 0.0506. The fraction of sp³-hybridized carbons (Fsp3) is 0.459. The molecule has 7 aromatic rings. The maximum absolute atomic E-state index is 15.1. The molecule has 21 heteroatoms. The molecule has 0 aliphatic carbocycles. The smallest absolute Gasteiger partial charge is 0.305 e. The molecule has 9 rings (SSSR count). The number of aliphatic carboxylic acids is 3. The highest BCUT2D eigenvalue weighted by Crippen LogP contribution is 2.47. The Bertz CT molecular complexity index is 4540. The predicted octanol–water partition coefficient (Wildman–Crippen LogP) is 14.3. The van der Waals surface area contributed by atoms with Crippen LogP contribution >= 0.6 is 0 Å². The second kappa shape index (κ2) is 33.5. The van der Waals surface area contributed by atoms with Gasteiger partial charge in [-0.25, -0.2) is 0 Å². The maximum atomic E-state index is 15.1. The fourth-order valence-corrected chi connectivity index (χ4v) is 15.9. The monoisotopic (exact) mass is 1440 g/mol. The first-order chi connectivity index (χ1) is 50.0. The Morgan fingerprint density at radius 1 is 0.528 bits per heavy atom. The molecule has 0 spiro atoms. The van der Waals surface area contributed by atoms with Gasteiger partial charge in [-0.3, -0.25) is 58.1 Å². The number of piperidine rings is 2. The zero-order valence-corrected chi connectivity index (χ0v) is 64.2. The number of rotatable bonds is 29. The molecule has 6 N–H and O–H groups in total. The molecule has 0 saturated carbocycles. The van der Waals surface area contributed by atoms with E-state index in [4.69, 9.17) is 0 Å². The molecule has 2 aliphatic heterocycles. The Hall–Kier alpha value is -10.2. The minimum atomic E-state index is -1.17. The van der Waals surface area contributed by atoms with Gasteiger partial charge in [0, 0.05) is 92.1 Å². The predicted molar refractivity (Wildman–Crippen MR) is 409 cm³/mol. The normalized spacial score (nSPS) is 17.1. The number of pyridine rings is 4. The Kier molecular flexibility index (Phi) is 25.3. The Morgan fingerprint density at radius 3 is 1.43 bits per heavy atom. The number of amides is 5. The summed E-state index contributed by atoms with van der Waals surface area (Å²) in [5.41, 5.74) is 12.4. The molecule has 2 aliphatic rings. The number of carboxylic acids is 3. The summed E-state index contributed by atoms with van der Waals surface area (Å²) in [6, 6.07) is 16.7. The standard InChI is InChI=1S/C85H105N9O12/c1-17-49(6)80(83(106)91-68(38-76(102)103)57-31-60(42-86-39-57)77-50(7)19-18-20-51(77)8)92-28-26-56(34-72(92)96)63-23-21-52(9)78(54(63)11)61-32-58(40-87-43-61)67(37-75(100)101)90-82(105)70(30-48(4)5)94-46-85(15,16)65(35-73(94)97)64-24-22-53(10)79(55(64)12)62-33-59(41-88-44-62)66(36-74(98)99)89-81(104)69(29-47(2)3)93-45-84(13,14)27-25-71(93)95/h18-24,26,28,31-34,39-44,47-49,65-70,80H,17,25,27,29-30,35-38,45-46H2,1-16H3,(H,89,104)(H,90,105)(H,91,106)(H,98,99)(H,100,101)(H,102,103)/t49?,65?,66-,67-,68-,69+,70-,80-/m0/s1. The number of nitrogens with one attached hydrogen (secondary N) is 3. The highest BCUT2D eigenvalue weighted by Gasteiger charge is 2.46. The van der Waals surface area contributed by atoms with Gasteiger partial charge in [0.1, 0.15) is 18.1 Å². The highest BCUT2D eigenvalue weighted by atomic mass is 16.4. The number of carboxylic acid groups (broad SMARTS) is 3. The molecule has 2 unspecified atom stereocenters. The van der Waals surface area contributed by atoms with Gasteiger partial charge in [0.2, 0.25) is 29.5 Å². The summed E-state index contributed by atoms with van der Waals surface area (Å²) in [7, 11) is 0. The van der Waals surface area contributed by atoms with Crippen LogP contribution in [0.4, 0.5) is 0 Å². The first kappa shape index (κ1) is 79.9. The van der Waals surface area contributed by atoms with Crippen LogP contribution in [0, 0.1) is 70.1 Å². The van der Waals surface area contributed by atoms with E-state index in [1.54, 1.807) is 59.1 Å². The van der Waals surface area contributed by atoms with Gasteiger partial charge in [0.15, 0.2) is 0 Å². The average Bonchev–Trinajstić information content (AvgIpc) is 0.742. The third-order valence-corrected chi connectivity index (χ3v) is 21.6. The van der Waals surface area contributed by atoms with Crippen LogP contribution in [0.2, 0.25) is 0 Å². The number of hydrogen-bond donors (Lipinski definition) is 6. The van der Waals surface area contributed by atoms with E-state index >= 15 is 4.79 Å². The molecule has 21 nitrogen and oxygen atoms in total. The summed E-state index contributed by atoms with van der Waals surface area (Å²) in [6.07, 6.45) is 12.2. The van der Waals surface area contributed by atoms with Crippen LogP contribution in [0.3, 0.4) is 0 Å². The zero-order valence-electron chi connectivity index (χ0n) is 64.2. The van der Waals surface area contributed by atoms with Crippen LogP contribution in [-0.4, -0.2) is 117 Å². The van der Waals surface area contributed by atoms with E-state index < -0.39 is 102 Å². The van der Waals surface area contributed by atoms with Gasteiger partial charge in [0.25, 0.3) is 5.56 Å². The van der Waals surface area contributed by atoms with Crippen LogP contribution in [0.15, 0.2) is 121 Å². The summed E-state index contributed by atoms with van der Waals surface area (Å²) in [4.78, 5) is 142. The van der Waals surface area contributed by atoms with Gasteiger partial charge in [-0.15, -0.1) is 0 Å². The number of carbonyl (C=O) groups is 8. The van der Waals surface area contributed by atoms with E-state index in [2.05, 4.69) is 58.6 Å². The van der Waals surface area contributed by atoms with Gasteiger partial charge < -0.3 is 45.6 Å². The van der Waals surface area contributed by atoms with Crippen LogP contribution in [0.5, 0.6) is 0 Å². The highest BCUT2D eigenvalue weighted by molar-refractivity contribution is 5.91. The van der Waals surface area contributed by atoms with Crippen molar-refractivity contribution >= 4 is 47.4 Å². The number of hydrogen-bond acceptors (Lipinski definition) is 12. The molecule has 562 valence electrons. The molecule has 0 bridgehead atoms. The fourth-order valence-electron chi connectivity index (χ4n) is 15.9. The molecule has 8 atom stereocenters. The lowest BCUT2D eigenvalue weighted by Gasteiger charge is -2.47. The van der Waals surface area contributed by atoms with E-state index in [1.807, 2.05) is 138 Å². The largest absolute Gasteiger partial charge is 0.481 e. The van der Waals surface area contributed by atoms with E-state index in [-0.39, 0.29) is 60.3 Å². The summed E-state index contributed by atoms with van der Waals surface area (Å²) in [6.45, 7) is 32.4. The third-order valence-electron chi connectivity index (χ3n) is 21.6. The Balaban J connectivity index is 0.946. The van der Waals surface area contributed by atoms with Crippen molar-refractivity contribution in [1.82, 2.24) is 45.3 Å². The van der Waals surface area contributed by atoms with Crippen molar-refractivity contribution < 1.29 is 53.7 Å². The SMILES string of the molecule is CCC(C)[C@@H](C(=O)N[C@@H](CC(=O)O)c1cncc(-c2c(C)cccc2C)c1)n1ccc(-c2ccc(C)c(-c3cncc([C@H](CC(=O)O)NC(=O)[C@H](CC(C)C)N4CC(C)(C)C(c5ccc(C)c(-c6cncc([C@H](CC(=O)O)NC(=O)[C@@H](CC(C)C)N7CC(C)(C)CCC7=O)c6)c5C)CC4=O)c3)c2C)cc1=O. The number of aryl methyl sites for hydroxylation is 4. The molecule has 0 radical (unpaired) electrons. The summed E-state index contributed by atoms with van der Waals surface area (Å²) in [5, 5.41) is 39.9. The summed E-state index contributed by atoms with van der Waals surface area (Å²) < 4.78 is 1.39. The van der Waals surface area contributed by atoms with E-state index in [1.165, 1.54) is 16.8 Å². The van der Waals surface area contributed by atoms with Crippen molar-refractivity contribution in [3.63, 3.8) is 0 Å². The van der Waals surface area contributed by atoms with E-state index in [0.717, 1.165) is 61.2 Å². The van der Waals surface area contributed by atoms with Gasteiger partial charge in [0.05, 0.1) is 37.4 Å². The molecular weight excluding hydrogens is 1340 g/mol. The third kappa shape index (κ3) is 18.5. The Labute approximate surface area is 622 Å². The van der Waals surface area contributed by atoms with Gasteiger partial charge >= 0.3 is 17.9 Å². The molecule has 4 aromatic heterocycles. The van der Waals surface area contributed by atoms with Crippen molar-refractivity contribution in [3.05, 3.63) is 182 Å². The van der Waals surface area contributed by atoms with Crippen molar-refractivity contribution in [2.24, 2.45) is 28.6 Å². The molecule has 2 fully saturated rings. The van der Waals surface area contributed by atoms with Crippen molar-refractivity contribution in [3.8, 4) is 44.5 Å². The minimum Gasteiger partial charge on any atom is -0.481 e. The molecule has 2 saturated heterocycles. The van der Waals surface area contributed by atoms with Gasteiger partial charge in [-0.2, -0.15) is 0 Å². The topological polar surface area (TPSA) is 300 Å².